The normalized spacial score (nSPS) is 11.1. The van der Waals surface area contributed by atoms with Crippen molar-refractivity contribution in [3.8, 4) is 5.75 Å². The van der Waals surface area contributed by atoms with Gasteiger partial charge in [0.25, 0.3) is 0 Å². The molecule has 0 saturated carbocycles. The van der Waals surface area contributed by atoms with E-state index in [4.69, 9.17) is 21.3 Å². The summed E-state index contributed by atoms with van der Waals surface area (Å²) in [7, 11) is 0. The van der Waals surface area contributed by atoms with Gasteiger partial charge < -0.3 is 9.30 Å². The maximum atomic E-state index is 6.05. The minimum atomic E-state index is 0.678. The number of para-hydroxylation sites is 2. The van der Waals surface area contributed by atoms with E-state index in [-0.39, 0.29) is 0 Å². The molecule has 0 amide bonds. The molecule has 0 aliphatic rings. The molecule has 0 N–H and O–H groups in total. The number of nitrogens with zero attached hydrogens (tertiary/aromatic N) is 2. The van der Waals surface area contributed by atoms with Crippen LogP contribution in [0.5, 0.6) is 5.75 Å². The summed E-state index contributed by atoms with van der Waals surface area (Å²) in [6.07, 6.45) is 1.70. The van der Waals surface area contributed by atoms with Gasteiger partial charge in [-0.1, -0.05) is 48.0 Å². The molecule has 0 spiro atoms. The molecule has 0 atom stereocenters. The lowest BCUT2D eigenvalue weighted by Crippen LogP contribution is -2.09. The first-order chi connectivity index (χ1) is 14.1. The third kappa shape index (κ3) is 4.46. The SMILES string of the molecule is Cc1cccc(OCCCn2c(Cc3ccc(Cl)cc3)nc3ccccc32)c1C. The Labute approximate surface area is 176 Å². The molecule has 0 aliphatic carbocycles. The van der Waals surface area contributed by atoms with Crippen molar-refractivity contribution in [2.24, 2.45) is 0 Å². The number of benzene rings is 3. The van der Waals surface area contributed by atoms with Gasteiger partial charge in [0.2, 0.25) is 0 Å². The summed E-state index contributed by atoms with van der Waals surface area (Å²) < 4.78 is 8.37. The molecule has 0 aliphatic heterocycles. The minimum absolute atomic E-state index is 0.678. The Bertz CT molecular complexity index is 1120. The van der Waals surface area contributed by atoms with E-state index in [0.29, 0.717) is 6.61 Å². The number of hydrogen-bond acceptors (Lipinski definition) is 2. The zero-order valence-electron chi connectivity index (χ0n) is 16.9. The highest BCUT2D eigenvalue weighted by Gasteiger charge is 2.11. The van der Waals surface area contributed by atoms with Crippen LogP contribution in [0, 0.1) is 13.8 Å². The smallest absolute Gasteiger partial charge is 0.122 e. The number of fused-ring (bicyclic) bond motifs is 1. The lowest BCUT2D eigenvalue weighted by molar-refractivity contribution is 0.300. The first-order valence-corrected chi connectivity index (χ1v) is 10.4. The van der Waals surface area contributed by atoms with Crippen LogP contribution in [-0.2, 0) is 13.0 Å². The Morgan fingerprint density at radius 1 is 0.931 bits per heavy atom. The van der Waals surface area contributed by atoms with Crippen LogP contribution in [0.15, 0.2) is 66.7 Å². The predicted molar refractivity (Wildman–Crippen MR) is 120 cm³/mol. The van der Waals surface area contributed by atoms with Gasteiger partial charge in [-0.2, -0.15) is 0 Å². The van der Waals surface area contributed by atoms with E-state index in [0.717, 1.165) is 41.5 Å². The third-order valence-electron chi connectivity index (χ3n) is 5.35. The fraction of sp³-hybridized carbons (Fsp3) is 0.240. The van der Waals surface area contributed by atoms with Gasteiger partial charge in [0.05, 0.1) is 17.6 Å². The van der Waals surface area contributed by atoms with Gasteiger partial charge in [-0.05, 0) is 67.3 Å². The van der Waals surface area contributed by atoms with Crippen LogP contribution in [0.4, 0.5) is 0 Å². The fourth-order valence-electron chi connectivity index (χ4n) is 3.58. The highest BCUT2D eigenvalue weighted by molar-refractivity contribution is 6.30. The average molecular weight is 405 g/mol. The molecular formula is C25H25ClN2O. The lowest BCUT2D eigenvalue weighted by atomic mass is 10.1. The molecule has 1 heterocycles. The molecule has 148 valence electrons. The summed E-state index contributed by atoms with van der Waals surface area (Å²) in [5.41, 5.74) is 5.88. The summed E-state index contributed by atoms with van der Waals surface area (Å²) in [5.74, 6) is 2.04. The molecule has 0 saturated heterocycles. The van der Waals surface area contributed by atoms with Crippen molar-refractivity contribution in [3.05, 3.63) is 94.3 Å². The van der Waals surface area contributed by atoms with Crippen LogP contribution in [0.25, 0.3) is 11.0 Å². The standard InChI is InChI=1S/C25H25ClN2O/c1-18-7-5-10-24(19(18)2)29-16-6-15-28-23-9-4-3-8-22(23)27-25(28)17-20-11-13-21(26)14-12-20/h3-5,7-14H,6,15-17H2,1-2H3. The second-order valence-electron chi connectivity index (χ2n) is 7.37. The molecule has 29 heavy (non-hydrogen) atoms. The second-order valence-corrected chi connectivity index (χ2v) is 7.81. The molecule has 4 rings (SSSR count). The monoisotopic (exact) mass is 404 g/mol. The topological polar surface area (TPSA) is 27.1 Å². The van der Waals surface area contributed by atoms with Crippen LogP contribution < -0.4 is 4.74 Å². The van der Waals surface area contributed by atoms with Gasteiger partial charge in [-0.15, -0.1) is 0 Å². The summed E-state index contributed by atoms with van der Waals surface area (Å²) in [5, 5.41) is 0.755. The maximum Gasteiger partial charge on any atom is 0.122 e. The lowest BCUT2D eigenvalue weighted by Gasteiger charge is -2.13. The quantitative estimate of drug-likeness (QED) is 0.335. The van der Waals surface area contributed by atoms with Crippen LogP contribution in [0.3, 0.4) is 0 Å². The zero-order chi connectivity index (χ0) is 20.2. The summed E-state index contributed by atoms with van der Waals surface area (Å²) in [4.78, 5) is 4.88. The van der Waals surface area contributed by atoms with Crippen molar-refractivity contribution >= 4 is 22.6 Å². The zero-order valence-corrected chi connectivity index (χ0v) is 17.6. The molecule has 4 heteroatoms. The Balaban J connectivity index is 1.49. The van der Waals surface area contributed by atoms with E-state index in [2.05, 4.69) is 54.8 Å². The molecule has 0 fully saturated rings. The predicted octanol–water partition coefficient (Wildman–Crippen LogP) is 6.37. The fourth-order valence-corrected chi connectivity index (χ4v) is 3.71. The van der Waals surface area contributed by atoms with E-state index in [9.17, 15) is 0 Å². The van der Waals surface area contributed by atoms with Gasteiger partial charge >= 0.3 is 0 Å². The van der Waals surface area contributed by atoms with Crippen molar-refractivity contribution in [2.45, 2.75) is 33.2 Å². The van der Waals surface area contributed by atoms with E-state index < -0.39 is 0 Å². The molecule has 0 bridgehead atoms. The number of imidazole rings is 1. The molecule has 3 aromatic carbocycles. The van der Waals surface area contributed by atoms with E-state index >= 15 is 0 Å². The van der Waals surface area contributed by atoms with Crippen molar-refractivity contribution in [1.82, 2.24) is 9.55 Å². The summed E-state index contributed by atoms with van der Waals surface area (Å²) in [6.45, 7) is 5.77. The van der Waals surface area contributed by atoms with Crippen molar-refractivity contribution in [2.75, 3.05) is 6.61 Å². The Morgan fingerprint density at radius 3 is 2.55 bits per heavy atom. The Morgan fingerprint density at radius 2 is 1.72 bits per heavy atom. The molecule has 4 aromatic rings. The van der Waals surface area contributed by atoms with Crippen LogP contribution in [0.2, 0.25) is 5.02 Å². The molecule has 1 aromatic heterocycles. The highest BCUT2D eigenvalue weighted by atomic mass is 35.5. The molecular weight excluding hydrogens is 380 g/mol. The van der Waals surface area contributed by atoms with Crippen molar-refractivity contribution in [3.63, 3.8) is 0 Å². The number of rotatable bonds is 7. The first-order valence-electron chi connectivity index (χ1n) is 9.99. The third-order valence-corrected chi connectivity index (χ3v) is 5.60. The van der Waals surface area contributed by atoms with Gasteiger partial charge in [0.15, 0.2) is 0 Å². The summed E-state index contributed by atoms with van der Waals surface area (Å²) >= 11 is 6.03. The highest BCUT2D eigenvalue weighted by Crippen LogP contribution is 2.22. The Kier molecular flexibility index (Phi) is 5.86. The van der Waals surface area contributed by atoms with Gasteiger partial charge in [-0.25, -0.2) is 4.98 Å². The minimum Gasteiger partial charge on any atom is -0.493 e. The van der Waals surface area contributed by atoms with Crippen LogP contribution in [-0.4, -0.2) is 16.2 Å². The van der Waals surface area contributed by atoms with Crippen LogP contribution >= 0.6 is 11.6 Å². The molecule has 0 radical (unpaired) electrons. The number of aromatic nitrogens is 2. The summed E-state index contributed by atoms with van der Waals surface area (Å²) in [6, 6.07) is 22.5. The van der Waals surface area contributed by atoms with Gasteiger partial charge in [0.1, 0.15) is 11.6 Å². The first kappa shape index (κ1) is 19.5. The Hall–Kier alpha value is -2.78. The van der Waals surface area contributed by atoms with E-state index in [1.807, 2.05) is 30.3 Å². The maximum absolute atomic E-state index is 6.05. The van der Waals surface area contributed by atoms with Crippen LogP contribution in [0.1, 0.15) is 28.9 Å². The molecule has 0 unspecified atom stereocenters. The number of aryl methyl sites for hydroxylation is 2. The number of hydrogen-bond donors (Lipinski definition) is 0. The second kappa shape index (κ2) is 8.71. The number of ether oxygens (including phenoxy) is 1. The van der Waals surface area contributed by atoms with E-state index in [1.165, 1.54) is 22.2 Å². The van der Waals surface area contributed by atoms with Crippen molar-refractivity contribution < 1.29 is 4.74 Å². The largest absolute Gasteiger partial charge is 0.493 e. The van der Waals surface area contributed by atoms with Gasteiger partial charge in [0, 0.05) is 18.0 Å². The average Bonchev–Trinajstić information content (AvgIpc) is 3.07. The van der Waals surface area contributed by atoms with E-state index in [1.54, 1.807) is 0 Å². The van der Waals surface area contributed by atoms with Gasteiger partial charge in [-0.3, -0.25) is 0 Å². The number of halogens is 1. The van der Waals surface area contributed by atoms with Crippen molar-refractivity contribution in [1.29, 1.82) is 0 Å². The molecule has 3 nitrogen and oxygen atoms in total.